The van der Waals surface area contributed by atoms with E-state index in [0.717, 1.165) is 28.3 Å². The highest BCUT2D eigenvalue weighted by Crippen LogP contribution is 2.43. The maximum absolute atomic E-state index is 12.1. The van der Waals surface area contributed by atoms with E-state index in [1.54, 1.807) is 37.6 Å². The van der Waals surface area contributed by atoms with Crippen LogP contribution in [0.25, 0.3) is 28.1 Å². The number of nitro groups is 1. The van der Waals surface area contributed by atoms with Gasteiger partial charge in [0.15, 0.2) is 5.82 Å². The molecule has 40 heavy (non-hydrogen) atoms. The summed E-state index contributed by atoms with van der Waals surface area (Å²) in [4.78, 5) is 32.4. The van der Waals surface area contributed by atoms with Crippen molar-refractivity contribution in [3.8, 4) is 17.1 Å². The second kappa shape index (κ2) is 9.31. The molecule has 3 aromatic carbocycles. The Morgan fingerprint density at radius 3 is 2.52 bits per heavy atom. The second-order valence-corrected chi connectivity index (χ2v) is 9.76. The van der Waals surface area contributed by atoms with Gasteiger partial charge in [0.2, 0.25) is 5.72 Å². The van der Waals surface area contributed by atoms with Crippen molar-refractivity contribution < 1.29 is 19.2 Å². The molecule has 0 radical (unpaired) electrons. The Hall–Kier alpha value is -5.03. The fourth-order valence-corrected chi connectivity index (χ4v) is 5.34. The number of esters is 1. The van der Waals surface area contributed by atoms with Crippen LogP contribution in [-0.2, 0) is 15.2 Å². The highest BCUT2D eigenvalue weighted by molar-refractivity contribution is 5.94. The number of carbonyl (C=O) groups is 1. The fraction of sp³-hybridized carbons (Fsp3) is 0.207. The van der Waals surface area contributed by atoms with Gasteiger partial charge in [0.1, 0.15) is 5.82 Å². The first kappa shape index (κ1) is 25.3. The van der Waals surface area contributed by atoms with Crippen LogP contribution in [0.3, 0.4) is 0 Å². The first-order valence-electron chi connectivity index (χ1n) is 12.6. The molecule has 1 aliphatic rings. The van der Waals surface area contributed by atoms with E-state index in [2.05, 4.69) is 28.7 Å². The highest BCUT2D eigenvalue weighted by atomic mass is 16.6. The van der Waals surface area contributed by atoms with E-state index in [4.69, 9.17) is 14.5 Å². The monoisotopic (exact) mass is 538 g/mol. The van der Waals surface area contributed by atoms with Crippen LogP contribution in [0.4, 0.5) is 11.4 Å². The number of aromatic nitrogens is 4. The van der Waals surface area contributed by atoms with Gasteiger partial charge in [0.25, 0.3) is 5.69 Å². The summed E-state index contributed by atoms with van der Waals surface area (Å²) < 4.78 is 15.0. The zero-order chi connectivity index (χ0) is 28.2. The molecule has 0 fully saturated rings. The quantitative estimate of drug-likeness (QED) is 0.172. The average molecular weight is 539 g/mol. The Kier molecular flexibility index (Phi) is 5.88. The number of rotatable bonds is 6. The summed E-state index contributed by atoms with van der Waals surface area (Å²) in [6.45, 7) is 4.16. The SMILES string of the molecule is COC(=O)c1ccc2c(c1)nc(-c1ccc3c(c1)NC(OC)(c1ccc([N+](=O)[O-])cc1)c1nccn1-3)n2C(C)C. The van der Waals surface area contributed by atoms with Gasteiger partial charge in [-0.1, -0.05) is 0 Å². The third-order valence-electron chi connectivity index (χ3n) is 7.20. The van der Waals surface area contributed by atoms with Crippen LogP contribution in [0.5, 0.6) is 0 Å². The van der Waals surface area contributed by atoms with E-state index < -0.39 is 16.6 Å². The van der Waals surface area contributed by atoms with Crippen molar-refractivity contribution >= 4 is 28.4 Å². The molecule has 202 valence electrons. The van der Waals surface area contributed by atoms with Crippen molar-refractivity contribution in [3.63, 3.8) is 0 Å². The molecule has 1 unspecified atom stereocenters. The molecular weight excluding hydrogens is 512 g/mol. The number of nitrogens with zero attached hydrogens (tertiary/aromatic N) is 5. The van der Waals surface area contributed by atoms with Crippen LogP contribution in [0.15, 0.2) is 73.1 Å². The number of nitrogens with one attached hydrogen (secondary N) is 1. The molecule has 11 heteroatoms. The standard InChI is InChI=1S/C29H26N6O5/c1-17(2)34-25-12-6-19(27(36)39-3)16-22(25)31-26(34)18-5-11-24-23(15-18)32-29(40-4,28-30-13-14-33(24)28)20-7-9-21(10-8-20)35(37)38/h5-17,32H,1-4H3. The Morgan fingerprint density at radius 1 is 1.07 bits per heavy atom. The lowest BCUT2D eigenvalue weighted by atomic mass is 9.97. The maximum atomic E-state index is 12.1. The Morgan fingerprint density at radius 2 is 1.85 bits per heavy atom. The van der Waals surface area contributed by atoms with E-state index in [9.17, 15) is 14.9 Å². The largest absolute Gasteiger partial charge is 0.465 e. The molecule has 1 aliphatic heterocycles. The molecular formula is C29H26N6O5. The minimum absolute atomic E-state index is 0.0141. The lowest BCUT2D eigenvalue weighted by Crippen LogP contribution is -2.44. The number of imidazole rings is 2. The van der Waals surface area contributed by atoms with Gasteiger partial charge >= 0.3 is 5.97 Å². The maximum Gasteiger partial charge on any atom is 0.337 e. The molecule has 0 saturated heterocycles. The Labute approximate surface area is 229 Å². The summed E-state index contributed by atoms with van der Waals surface area (Å²) in [7, 11) is 2.92. The van der Waals surface area contributed by atoms with Gasteiger partial charge in [-0.25, -0.2) is 14.8 Å². The van der Waals surface area contributed by atoms with Crippen LogP contribution < -0.4 is 5.32 Å². The lowest BCUT2D eigenvalue weighted by Gasteiger charge is -2.38. The number of hydrogen-bond acceptors (Lipinski definition) is 8. The van der Waals surface area contributed by atoms with Crippen molar-refractivity contribution in [2.45, 2.75) is 25.6 Å². The lowest BCUT2D eigenvalue weighted by molar-refractivity contribution is -0.384. The third kappa shape index (κ3) is 3.74. The van der Waals surface area contributed by atoms with Gasteiger partial charge < -0.3 is 19.4 Å². The molecule has 0 aliphatic carbocycles. The number of nitro benzene ring substituents is 1. The van der Waals surface area contributed by atoms with E-state index >= 15 is 0 Å². The van der Waals surface area contributed by atoms with E-state index in [1.807, 2.05) is 35.0 Å². The molecule has 3 heterocycles. The normalized spacial score (nSPS) is 15.9. The zero-order valence-corrected chi connectivity index (χ0v) is 22.3. The molecule has 0 bridgehead atoms. The molecule has 11 nitrogen and oxygen atoms in total. The minimum Gasteiger partial charge on any atom is -0.465 e. The Bertz CT molecular complexity index is 1790. The van der Waals surface area contributed by atoms with Crippen LogP contribution in [0.2, 0.25) is 0 Å². The smallest absolute Gasteiger partial charge is 0.337 e. The minimum atomic E-state index is -1.20. The van der Waals surface area contributed by atoms with Crippen molar-refractivity contribution in [1.82, 2.24) is 19.1 Å². The summed E-state index contributed by atoms with van der Waals surface area (Å²) >= 11 is 0. The number of fused-ring (bicyclic) bond motifs is 4. The number of hydrogen-bond donors (Lipinski definition) is 1. The average Bonchev–Trinajstić information content (AvgIpc) is 3.61. The molecule has 0 saturated carbocycles. The van der Waals surface area contributed by atoms with Crippen molar-refractivity contribution in [1.29, 1.82) is 0 Å². The van der Waals surface area contributed by atoms with Gasteiger partial charge in [-0.3, -0.25) is 14.7 Å². The van der Waals surface area contributed by atoms with Gasteiger partial charge in [-0.2, -0.15) is 0 Å². The molecule has 1 atom stereocenters. The molecule has 0 amide bonds. The van der Waals surface area contributed by atoms with Crippen LogP contribution in [0, 0.1) is 10.1 Å². The van der Waals surface area contributed by atoms with Crippen molar-refractivity contribution in [2.24, 2.45) is 0 Å². The number of non-ortho nitro benzene ring substituents is 1. The topological polar surface area (TPSA) is 126 Å². The summed E-state index contributed by atoms with van der Waals surface area (Å²) in [5, 5.41) is 14.8. The predicted octanol–water partition coefficient (Wildman–Crippen LogP) is 5.44. The summed E-state index contributed by atoms with van der Waals surface area (Å²) in [6, 6.07) is 17.7. The number of methoxy groups -OCH3 is 2. The molecule has 5 aromatic rings. The van der Waals surface area contributed by atoms with E-state index in [1.165, 1.54) is 19.2 Å². The number of carbonyl (C=O) groups excluding carboxylic acids is 1. The van der Waals surface area contributed by atoms with Crippen LogP contribution in [0.1, 0.15) is 41.6 Å². The molecule has 1 N–H and O–H groups in total. The summed E-state index contributed by atoms with van der Waals surface area (Å²) in [6.07, 6.45) is 3.54. The Balaban J connectivity index is 1.50. The third-order valence-corrected chi connectivity index (χ3v) is 7.20. The number of ether oxygens (including phenoxy) is 2. The zero-order valence-electron chi connectivity index (χ0n) is 22.3. The molecule has 6 rings (SSSR count). The second-order valence-electron chi connectivity index (χ2n) is 9.76. The van der Waals surface area contributed by atoms with Gasteiger partial charge in [-0.05, 0) is 62.4 Å². The number of anilines is 1. The van der Waals surface area contributed by atoms with Crippen molar-refractivity contribution in [3.05, 3.63) is 100 Å². The predicted molar refractivity (Wildman–Crippen MR) is 149 cm³/mol. The van der Waals surface area contributed by atoms with E-state index in [-0.39, 0.29) is 11.7 Å². The first-order chi connectivity index (χ1) is 19.3. The van der Waals surface area contributed by atoms with Gasteiger partial charge in [-0.15, -0.1) is 0 Å². The van der Waals surface area contributed by atoms with Crippen LogP contribution >= 0.6 is 0 Å². The highest BCUT2D eigenvalue weighted by Gasteiger charge is 2.43. The first-order valence-corrected chi connectivity index (χ1v) is 12.6. The summed E-state index contributed by atoms with van der Waals surface area (Å²) in [5.41, 5.74) is 3.96. The van der Waals surface area contributed by atoms with Gasteiger partial charge in [0.05, 0.1) is 40.0 Å². The molecule has 0 spiro atoms. The van der Waals surface area contributed by atoms with E-state index in [0.29, 0.717) is 22.5 Å². The summed E-state index contributed by atoms with van der Waals surface area (Å²) in [5.74, 6) is 0.916. The van der Waals surface area contributed by atoms with Crippen molar-refractivity contribution in [2.75, 3.05) is 19.5 Å². The van der Waals surface area contributed by atoms with Gasteiger partial charge in [0, 0.05) is 48.8 Å². The molecule has 2 aromatic heterocycles. The fourth-order valence-electron chi connectivity index (χ4n) is 5.34. The van der Waals surface area contributed by atoms with Crippen LogP contribution in [-0.4, -0.2) is 44.2 Å². The number of benzene rings is 3.